The van der Waals surface area contributed by atoms with Crippen molar-refractivity contribution in [3.63, 3.8) is 0 Å². The lowest BCUT2D eigenvalue weighted by molar-refractivity contribution is 0.0955. The van der Waals surface area contributed by atoms with Gasteiger partial charge >= 0.3 is 0 Å². The molecule has 0 aliphatic heterocycles. The van der Waals surface area contributed by atoms with Gasteiger partial charge in [0, 0.05) is 5.56 Å². The molecular formula is C23H30N2O3. The van der Waals surface area contributed by atoms with Crippen LogP contribution in [0.2, 0.25) is 0 Å². The molecule has 5 heteroatoms. The van der Waals surface area contributed by atoms with Gasteiger partial charge in [-0.2, -0.15) is 5.10 Å². The predicted octanol–water partition coefficient (Wildman–Crippen LogP) is 5.04. The third-order valence-electron chi connectivity index (χ3n) is 4.24. The largest absolute Gasteiger partial charge is 0.494 e. The van der Waals surface area contributed by atoms with Crippen LogP contribution in [-0.2, 0) is 0 Å². The monoisotopic (exact) mass is 382 g/mol. The first-order chi connectivity index (χ1) is 13.5. The number of hydrogen-bond donors (Lipinski definition) is 1. The lowest BCUT2D eigenvalue weighted by Gasteiger charge is -2.13. The number of carbonyl (C=O) groups is 1. The van der Waals surface area contributed by atoms with E-state index in [0.717, 1.165) is 46.7 Å². The highest BCUT2D eigenvalue weighted by Crippen LogP contribution is 2.25. The number of amides is 1. The molecule has 0 heterocycles. The maximum absolute atomic E-state index is 12.3. The van der Waals surface area contributed by atoms with E-state index in [0.29, 0.717) is 18.8 Å². The zero-order chi connectivity index (χ0) is 20.5. The fourth-order valence-corrected chi connectivity index (χ4v) is 2.78. The molecule has 2 aromatic rings. The van der Waals surface area contributed by atoms with Crippen LogP contribution in [-0.4, -0.2) is 24.8 Å². The zero-order valence-electron chi connectivity index (χ0n) is 17.5. The number of hydrogen-bond acceptors (Lipinski definition) is 4. The quantitative estimate of drug-likeness (QED) is 0.488. The van der Waals surface area contributed by atoms with Crippen molar-refractivity contribution in [2.24, 2.45) is 5.10 Å². The number of hydrazone groups is 1. The summed E-state index contributed by atoms with van der Waals surface area (Å²) in [6.07, 6.45) is 1.92. The second kappa shape index (κ2) is 10.5. The Balaban J connectivity index is 2.06. The summed E-state index contributed by atoms with van der Waals surface area (Å²) in [5.74, 6) is 1.43. The SMILES string of the molecule is CCCOc1ccc(C(=O)N/N=C(\C)c2cc(C)c(OCCC)c(C)c2)cc1. The normalized spacial score (nSPS) is 11.2. The molecule has 0 radical (unpaired) electrons. The first-order valence-electron chi connectivity index (χ1n) is 9.78. The van der Waals surface area contributed by atoms with Crippen molar-refractivity contribution in [2.45, 2.75) is 47.5 Å². The van der Waals surface area contributed by atoms with Crippen LogP contribution in [0.4, 0.5) is 0 Å². The van der Waals surface area contributed by atoms with Crippen LogP contribution in [0.1, 0.15) is 60.7 Å². The van der Waals surface area contributed by atoms with E-state index in [1.54, 1.807) is 24.3 Å². The van der Waals surface area contributed by atoms with Crippen LogP contribution in [0.25, 0.3) is 0 Å². The average Bonchev–Trinajstić information content (AvgIpc) is 2.69. The topological polar surface area (TPSA) is 59.9 Å². The van der Waals surface area contributed by atoms with Crippen molar-refractivity contribution in [1.82, 2.24) is 5.43 Å². The summed E-state index contributed by atoms with van der Waals surface area (Å²) in [5, 5.41) is 4.26. The zero-order valence-corrected chi connectivity index (χ0v) is 17.5. The van der Waals surface area contributed by atoms with Gasteiger partial charge in [0.1, 0.15) is 11.5 Å². The summed E-state index contributed by atoms with van der Waals surface area (Å²) in [4.78, 5) is 12.3. The maximum Gasteiger partial charge on any atom is 0.271 e. The molecule has 2 aromatic carbocycles. The Bertz CT molecular complexity index is 803. The van der Waals surface area contributed by atoms with Gasteiger partial charge in [0.25, 0.3) is 5.91 Å². The Labute approximate surface area is 167 Å². The summed E-state index contributed by atoms with van der Waals surface area (Å²) < 4.78 is 11.4. The lowest BCUT2D eigenvalue weighted by atomic mass is 10.0. The molecule has 0 aliphatic rings. The molecule has 1 N–H and O–H groups in total. The van der Waals surface area contributed by atoms with Gasteiger partial charge < -0.3 is 9.47 Å². The van der Waals surface area contributed by atoms with Crippen LogP contribution in [0, 0.1) is 13.8 Å². The molecule has 0 aliphatic carbocycles. The molecule has 0 saturated carbocycles. The van der Waals surface area contributed by atoms with Crippen LogP contribution in [0.3, 0.4) is 0 Å². The number of ether oxygens (including phenoxy) is 2. The molecule has 28 heavy (non-hydrogen) atoms. The first kappa shape index (κ1) is 21.5. The third kappa shape index (κ3) is 5.84. The second-order valence-corrected chi connectivity index (χ2v) is 6.80. The number of benzene rings is 2. The molecule has 1 amide bonds. The number of aryl methyl sites for hydroxylation is 2. The van der Waals surface area contributed by atoms with Gasteiger partial charge in [-0.25, -0.2) is 5.43 Å². The Hall–Kier alpha value is -2.82. The highest BCUT2D eigenvalue weighted by molar-refractivity contribution is 6.01. The molecule has 150 valence electrons. The first-order valence-corrected chi connectivity index (χ1v) is 9.78. The molecule has 0 fully saturated rings. The number of nitrogens with zero attached hydrogens (tertiary/aromatic N) is 1. The van der Waals surface area contributed by atoms with E-state index in [9.17, 15) is 4.79 Å². The Morgan fingerprint density at radius 3 is 2.07 bits per heavy atom. The Kier molecular flexibility index (Phi) is 8.05. The van der Waals surface area contributed by atoms with E-state index in [-0.39, 0.29) is 5.91 Å². The minimum Gasteiger partial charge on any atom is -0.494 e. The molecule has 0 saturated heterocycles. The van der Waals surface area contributed by atoms with Gasteiger partial charge in [0.15, 0.2) is 0 Å². The van der Waals surface area contributed by atoms with E-state index in [4.69, 9.17) is 9.47 Å². The van der Waals surface area contributed by atoms with Crippen molar-refractivity contribution in [3.05, 3.63) is 58.7 Å². The molecule has 5 nitrogen and oxygen atoms in total. The highest BCUT2D eigenvalue weighted by Gasteiger charge is 2.09. The van der Waals surface area contributed by atoms with Crippen LogP contribution in [0.15, 0.2) is 41.5 Å². The number of carbonyl (C=O) groups excluding carboxylic acids is 1. The number of nitrogens with one attached hydrogen (secondary N) is 1. The molecule has 0 atom stereocenters. The Morgan fingerprint density at radius 1 is 0.929 bits per heavy atom. The van der Waals surface area contributed by atoms with Gasteiger partial charge in [-0.05, 0) is 86.7 Å². The molecule has 0 bridgehead atoms. The van der Waals surface area contributed by atoms with Crippen molar-refractivity contribution in [2.75, 3.05) is 13.2 Å². The molecule has 0 aromatic heterocycles. The van der Waals surface area contributed by atoms with E-state index in [2.05, 4.69) is 24.4 Å². The minimum atomic E-state index is -0.252. The fourth-order valence-electron chi connectivity index (χ4n) is 2.78. The van der Waals surface area contributed by atoms with Gasteiger partial charge in [-0.1, -0.05) is 13.8 Å². The van der Waals surface area contributed by atoms with Crippen molar-refractivity contribution in [3.8, 4) is 11.5 Å². The van der Waals surface area contributed by atoms with E-state index in [1.807, 2.05) is 32.9 Å². The van der Waals surface area contributed by atoms with Gasteiger partial charge in [0.05, 0.1) is 18.9 Å². The van der Waals surface area contributed by atoms with Gasteiger partial charge in [0.2, 0.25) is 0 Å². The van der Waals surface area contributed by atoms with Crippen molar-refractivity contribution < 1.29 is 14.3 Å². The summed E-state index contributed by atoms with van der Waals surface area (Å²) in [5.41, 5.74) is 6.99. The van der Waals surface area contributed by atoms with E-state index in [1.165, 1.54) is 0 Å². The van der Waals surface area contributed by atoms with Gasteiger partial charge in [-0.15, -0.1) is 0 Å². The second-order valence-electron chi connectivity index (χ2n) is 6.80. The standard InChI is InChI=1S/C23H30N2O3/c1-6-12-27-21-10-8-19(9-11-21)23(26)25-24-18(5)20-14-16(3)22(17(4)15-20)28-13-7-2/h8-11,14-15H,6-7,12-13H2,1-5H3,(H,25,26)/b24-18+. The minimum absolute atomic E-state index is 0.252. The van der Waals surface area contributed by atoms with Crippen LogP contribution >= 0.6 is 0 Å². The average molecular weight is 383 g/mol. The summed E-state index contributed by atoms with van der Waals surface area (Å²) in [6, 6.07) is 11.1. The Morgan fingerprint density at radius 2 is 1.50 bits per heavy atom. The van der Waals surface area contributed by atoms with Crippen LogP contribution < -0.4 is 14.9 Å². The van der Waals surface area contributed by atoms with Crippen molar-refractivity contribution in [1.29, 1.82) is 0 Å². The smallest absolute Gasteiger partial charge is 0.271 e. The van der Waals surface area contributed by atoms with Crippen LogP contribution in [0.5, 0.6) is 11.5 Å². The molecule has 0 unspecified atom stereocenters. The van der Waals surface area contributed by atoms with E-state index < -0.39 is 0 Å². The van der Waals surface area contributed by atoms with E-state index >= 15 is 0 Å². The summed E-state index contributed by atoms with van der Waals surface area (Å²) in [6.45, 7) is 11.4. The van der Waals surface area contributed by atoms with Gasteiger partial charge in [-0.3, -0.25) is 4.79 Å². The maximum atomic E-state index is 12.3. The summed E-state index contributed by atoms with van der Waals surface area (Å²) in [7, 11) is 0. The fraction of sp³-hybridized carbons (Fsp3) is 0.391. The molecule has 2 rings (SSSR count). The number of rotatable bonds is 9. The predicted molar refractivity (Wildman–Crippen MR) is 114 cm³/mol. The molecule has 0 spiro atoms. The third-order valence-corrected chi connectivity index (χ3v) is 4.24. The lowest BCUT2D eigenvalue weighted by Crippen LogP contribution is -2.19. The summed E-state index contributed by atoms with van der Waals surface area (Å²) >= 11 is 0. The highest BCUT2D eigenvalue weighted by atomic mass is 16.5. The molecular weight excluding hydrogens is 352 g/mol. The van der Waals surface area contributed by atoms with Crippen molar-refractivity contribution >= 4 is 11.6 Å².